The summed E-state index contributed by atoms with van der Waals surface area (Å²) in [5.74, 6) is 0.00288. The average molecular weight is 469 g/mol. The number of hydrogen-bond acceptors (Lipinski definition) is 7. The topological polar surface area (TPSA) is 71.7 Å². The molecule has 3 heterocycles. The molecule has 2 aromatic carbocycles. The highest BCUT2D eigenvalue weighted by molar-refractivity contribution is 7.16. The molecule has 0 spiro atoms. The van der Waals surface area contributed by atoms with Gasteiger partial charge in [0.25, 0.3) is 0 Å². The lowest BCUT2D eigenvalue weighted by Gasteiger charge is -2.31. The van der Waals surface area contributed by atoms with Gasteiger partial charge in [-0.25, -0.2) is 14.2 Å². The Kier molecular flexibility index (Phi) is 6.24. The quantitative estimate of drug-likeness (QED) is 0.352. The first kappa shape index (κ1) is 21.8. The number of benzene rings is 2. The minimum Gasteiger partial charge on any atom is -0.449 e. The van der Waals surface area contributed by atoms with Crippen LogP contribution < -0.4 is 4.90 Å². The second-order valence-corrected chi connectivity index (χ2v) is 9.24. The Morgan fingerprint density at radius 1 is 1.27 bits per heavy atom. The number of rotatable bonds is 6. The molecule has 7 nitrogen and oxygen atoms in total. The summed E-state index contributed by atoms with van der Waals surface area (Å²) in [6.45, 7) is 3.15. The third-order valence-corrected chi connectivity index (χ3v) is 7.05. The SMILES string of the molecule is CN(C(=O)OCCCN1CCC(c2noc3cc(F)ccc23)CC1)c1ccc2ncsc2c1. The van der Waals surface area contributed by atoms with Crippen molar-refractivity contribution in [2.24, 2.45) is 0 Å². The van der Waals surface area contributed by atoms with Gasteiger partial charge in [0.1, 0.15) is 5.82 Å². The van der Waals surface area contributed by atoms with Crippen molar-refractivity contribution >= 4 is 44.3 Å². The van der Waals surface area contributed by atoms with Crippen LogP contribution in [0.5, 0.6) is 0 Å². The molecule has 33 heavy (non-hydrogen) atoms. The van der Waals surface area contributed by atoms with Crippen molar-refractivity contribution in [2.45, 2.75) is 25.2 Å². The summed E-state index contributed by atoms with van der Waals surface area (Å²) in [7, 11) is 1.72. The number of piperidine rings is 1. The van der Waals surface area contributed by atoms with Crippen molar-refractivity contribution in [1.29, 1.82) is 0 Å². The van der Waals surface area contributed by atoms with Gasteiger partial charge in [0.05, 0.1) is 28.0 Å². The lowest BCUT2D eigenvalue weighted by molar-refractivity contribution is 0.140. The molecule has 5 rings (SSSR count). The Morgan fingerprint density at radius 2 is 2.12 bits per heavy atom. The summed E-state index contributed by atoms with van der Waals surface area (Å²) in [6.07, 6.45) is 2.37. The smallest absolute Gasteiger partial charge is 0.414 e. The molecule has 1 aliphatic heterocycles. The predicted molar refractivity (Wildman–Crippen MR) is 126 cm³/mol. The standard InChI is InChI=1S/C24H25FN4O3S/c1-28(18-4-6-20-22(14-18)33-15-26-20)24(30)31-12-2-9-29-10-7-16(8-11-29)23-19-5-3-17(25)13-21(19)32-27-23/h3-6,13-16H,2,7-12H2,1H3. The summed E-state index contributed by atoms with van der Waals surface area (Å²) in [6, 6.07) is 10.3. The van der Waals surface area contributed by atoms with Crippen LogP contribution in [-0.4, -0.2) is 54.4 Å². The second kappa shape index (κ2) is 9.44. The van der Waals surface area contributed by atoms with E-state index in [4.69, 9.17) is 9.26 Å². The van der Waals surface area contributed by atoms with Gasteiger partial charge in [-0.2, -0.15) is 0 Å². The summed E-state index contributed by atoms with van der Waals surface area (Å²) in [5.41, 5.74) is 4.95. The van der Waals surface area contributed by atoms with Crippen LogP contribution in [0.1, 0.15) is 30.9 Å². The molecule has 0 N–H and O–H groups in total. The lowest BCUT2D eigenvalue weighted by atomic mass is 9.91. The Morgan fingerprint density at radius 3 is 2.97 bits per heavy atom. The van der Waals surface area contributed by atoms with Gasteiger partial charge < -0.3 is 14.2 Å². The summed E-state index contributed by atoms with van der Waals surface area (Å²) in [5, 5.41) is 5.11. The molecule has 2 aromatic heterocycles. The highest BCUT2D eigenvalue weighted by Gasteiger charge is 2.25. The van der Waals surface area contributed by atoms with Gasteiger partial charge in [-0.15, -0.1) is 11.3 Å². The molecule has 1 fully saturated rings. The van der Waals surface area contributed by atoms with Gasteiger partial charge in [-0.05, 0) is 62.7 Å². The van der Waals surface area contributed by atoms with Crippen molar-refractivity contribution in [3.05, 3.63) is 53.4 Å². The Bertz CT molecular complexity index is 1270. The van der Waals surface area contributed by atoms with Gasteiger partial charge in [-0.3, -0.25) is 4.90 Å². The van der Waals surface area contributed by atoms with Crippen LogP contribution in [0.2, 0.25) is 0 Å². The van der Waals surface area contributed by atoms with Crippen LogP contribution in [0, 0.1) is 5.82 Å². The van der Waals surface area contributed by atoms with Gasteiger partial charge in [0, 0.05) is 36.7 Å². The number of carbonyl (C=O) groups excluding carboxylic acids is 1. The van der Waals surface area contributed by atoms with Crippen molar-refractivity contribution in [1.82, 2.24) is 15.0 Å². The molecule has 1 saturated heterocycles. The van der Waals surface area contributed by atoms with E-state index in [0.717, 1.165) is 65.9 Å². The van der Waals surface area contributed by atoms with E-state index in [2.05, 4.69) is 15.0 Å². The van der Waals surface area contributed by atoms with Crippen molar-refractivity contribution < 1.29 is 18.4 Å². The molecule has 0 atom stereocenters. The Labute approximate surface area is 194 Å². The van der Waals surface area contributed by atoms with Crippen molar-refractivity contribution in [2.75, 3.05) is 38.2 Å². The third kappa shape index (κ3) is 4.69. The maximum atomic E-state index is 13.4. The van der Waals surface area contributed by atoms with E-state index in [-0.39, 0.29) is 11.9 Å². The minimum atomic E-state index is -0.355. The highest BCUT2D eigenvalue weighted by atomic mass is 32.1. The lowest BCUT2D eigenvalue weighted by Crippen LogP contribution is -2.34. The van der Waals surface area contributed by atoms with E-state index in [9.17, 15) is 9.18 Å². The maximum Gasteiger partial charge on any atom is 0.414 e. The average Bonchev–Trinajstić information content (AvgIpc) is 3.47. The number of anilines is 1. The first-order valence-corrected chi connectivity index (χ1v) is 12.0. The maximum absolute atomic E-state index is 13.4. The molecular formula is C24H25FN4O3S. The molecule has 0 bridgehead atoms. The molecule has 0 saturated carbocycles. The number of fused-ring (bicyclic) bond motifs is 2. The summed E-state index contributed by atoms with van der Waals surface area (Å²) in [4.78, 5) is 20.6. The number of aromatic nitrogens is 2. The Hall–Kier alpha value is -3.04. The van der Waals surface area contributed by atoms with Crippen LogP contribution in [-0.2, 0) is 4.74 Å². The van der Waals surface area contributed by atoms with E-state index in [0.29, 0.717) is 18.1 Å². The fourth-order valence-corrected chi connectivity index (χ4v) is 5.07. The molecule has 1 amide bonds. The van der Waals surface area contributed by atoms with E-state index in [1.54, 1.807) is 30.0 Å². The minimum absolute atomic E-state index is 0.312. The fourth-order valence-electron chi connectivity index (χ4n) is 4.36. The molecule has 4 aromatic rings. The highest BCUT2D eigenvalue weighted by Crippen LogP contribution is 2.32. The molecule has 0 aliphatic carbocycles. The number of thiazole rings is 1. The summed E-state index contributed by atoms with van der Waals surface area (Å²) >= 11 is 1.55. The number of carbonyl (C=O) groups is 1. The number of amides is 1. The zero-order chi connectivity index (χ0) is 22.8. The molecule has 0 unspecified atom stereocenters. The number of halogens is 1. The monoisotopic (exact) mass is 468 g/mol. The molecule has 1 aliphatic rings. The molecule has 0 radical (unpaired) electrons. The number of nitrogens with zero attached hydrogens (tertiary/aromatic N) is 4. The predicted octanol–water partition coefficient (Wildman–Crippen LogP) is 5.42. The van der Waals surface area contributed by atoms with Crippen LogP contribution in [0.3, 0.4) is 0 Å². The van der Waals surface area contributed by atoms with Crippen molar-refractivity contribution in [3.8, 4) is 0 Å². The van der Waals surface area contributed by atoms with E-state index in [1.165, 1.54) is 17.0 Å². The molecule has 9 heteroatoms. The molecule has 172 valence electrons. The second-order valence-electron chi connectivity index (χ2n) is 8.36. The first-order chi connectivity index (χ1) is 16.1. The van der Waals surface area contributed by atoms with Crippen LogP contribution in [0.15, 0.2) is 46.4 Å². The van der Waals surface area contributed by atoms with Crippen LogP contribution in [0.25, 0.3) is 21.2 Å². The Balaban J connectivity index is 1.06. The van der Waals surface area contributed by atoms with Crippen molar-refractivity contribution in [3.63, 3.8) is 0 Å². The van der Waals surface area contributed by atoms with Gasteiger partial charge in [-0.1, -0.05) is 5.16 Å². The zero-order valence-electron chi connectivity index (χ0n) is 18.4. The zero-order valence-corrected chi connectivity index (χ0v) is 19.2. The fraction of sp³-hybridized carbons (Fsp3) is 0.375. The number of hydrogen-bond donors (Lipinski definition) is 0. The number of ether oxygens (including phenoxy) is 1. The van der Waals surface area contributed by atoms with Gasteiger partial charge in [0.2, 0.25) is 0 Å². The van der Waals surface area contributed by atoms with E-state index < -0.39 is 0 Å². The summed E-state index contributed by atoms with van der Waals surface area (Å²) < 4.78 is 25.2. The van der Waals surface area contributed by atoms with Gasteiger partial charge in [0.15, 0.2) is 5.58 Å². The molecular weight excluding hydrogens is 443 g/mol. The van der Waals surface area contributed by atoms with E-state index in [1.807, 2.05) is 18.2 Å². The van der Waals surface area contributed by atoms with Crippen LogP contribution >= 0.6 is 11.3 Å². The van der Waals surface area contributed by atoms with Gasteiger partial charge >= 0.3 is 6.09 Å². The van der Waals surface area contributed by atoms with E-state index >= 15 is 0 Å². The van der Waals surface area contributed by atoms with Crippen LogP contribution in [0.4, 0.5) is 14.9 Å². The normalized spacial score (nSPS) is 15.3. The first-order valence-electron chi connectivity index (χ1n) is 11.1. The number of likely N-dealkylation sites (tertiary alicyclic amines) is 1. The largest absolute Gasteiger partial charge is 0.449 e. The third-order valence-electron chi connectivity index (χ3n) is 6.26.